The van der Waals surface area contributed by atoms with E-state index in [2.05, 4.69) is 30.6 Å². The Morgan fingerprint density at radius 2 is 1.85 bits per heavy atom. The smallest absolute Gasteiger partial charge is 0.444 e. The summed E-state index contributed by atoms with van der Waals surface area (Å²) in [6, 6.07) is 7.86. The van der Waals surface area contributed by atoms with E-state index in [1.54, 1.807) is 27.7 Å². The molecule has 1 aliphatic heterocycles. The fourth-order valence-corrected chi connectivity index (χ4v) is 4.67. The van der Waals surface area contributed by atoms with Gasteiger partial charge in [-0.05, 0) is 33.3 Å². The molecule has 40 heavy (non-hydrogen) atoms. The number of hydrogen-bond acceptors (Lipinski definition) is 9. The van der Waals surface area contributed by atoms with Gasteiger partial charge in [-0.2, -0.15) is 9.28 Å². The summed E-state index contributed by atoms with van der Waals surface area (Å²) in [5.74, 6) is -0.678. The summed E-state index contributed by atoms with van der Waals surface area (Å²) < 4.78 is 9.61. The van der Waals surface area contributed by atoms with E-state index in [9.17, 15) is 24.3 Å². The molecule has 2 aromatic heterocycles. The lowest BCUT2D eigenvalue weighted by atomic mass is 10.2. The molecule has 0 unspecified atom stereocenters. The van der Waals surface area contributed by atoms with Crippen LogP contribution in [-0.2, 0) is 27.3 Å². The van der Waals surface area contributed by atoms with Crippen molar-refractivity contribution in [1.29, 1.82) is 0 Å². The van der Waals surface area contributed by atoms with E-state index >= 15 is 0 Å². The minimum atomic E-state index is -1.35. The van der Waals surface area contributed by atoms with E-state index in [1.165, 1.54) is 6.33 Å². The van der Waals surface area contributed by atoms with Gasteiger partial charge in [-0.25, -0.2) is 29.3 Å². The summed E-state index contributed by atoms with van der Waals surface area (Å²) >= 11 is 0. The third-order valence-electron chi connectivity index (χ3n) is 6.47. The Labute approximate surface area is 229 Å². The average Bonchev–Trinajstić information content (AvgIpc) is 3.47. The van der Waals surface area contributed by atoms with Crippen LogP contribution in [0.3, 0.4) is 0 Å². The highest BCUT2D eigenvalue weighted by Crippen LogP contribution is 2.30. The molecule has 1 aromatic carbocycles. The van der Waals surface area contributed by atoms with Gasteiger partial charge in [-0.1, -0.05) is 30.3 Å². The second kappa shape index (κ2) is 11.3. The van der Waals surface area contributed by atoms with Gasteiger partial charge in [0.15, 0.2) is 11.5 Å². The number of rotatable bonds is 6. The van der Waals surface area contributed by atoms with Gasteiger partial charge in [-0.15, -0.1) is 0 Å². The Morgan fingerprint density at radius 3 is 2.52 bits per heavy atom. The molecule has 0 radical (unpaired) electrons. The number of nitrogens with one attached hydrogen (secondary N) is 3. The van der Waals surface area contributed by atoms with Gasteiger partial charge in [0.2, 0.25) is 0 Å². The average molecular weight is 555 g/mol. The number of imide groups is 1. The van der Waals surface area contributed by atoms with Crippen molar-refractivity contribution in [3.05, 3.63) is 48.0 Å². The molecule has 4 rings (SSSR count). The zero-order valence-electron chi connectivity index (χ0n) is 22.6. The van der Waals surface area contributed by atoms with E-state index in [0.717, 1.165) is 5.56 Å². The monoisotopic (exact) mass is 554 g/mol. The summed E-state index contributed by atoms with van der Waals surface area (Å²) in [4.78, 5) is 66.2. The van der Waals surface area contributed by atoms with Crippen molar-refractivity contribution >= 4 is 41.2 Å². The molecule has 0 spiro atoms. The first-order valence-corrected chi connectivity index (χ1v) is 12.7. The Bertz CT molecular complexity index is 1420. The highest BCUT2D eigenvalue weighted by atomic mass is 16.6. The van der Waals surface area contributed by atoms with Crippen LogP contribution in [0.2, 0.25) is 0 Å². The summed E-state index contributed by atoms with van der Waals surface area (Å²) in [5.41, 5.74) is 0.550. The van der Waals surface area contributed by atoms with Gasteiger partial charge in [0, 0.05) is 6.42 Å². The van der Waals surface area contributed by atoms with E-state index in [-0.39, 0.29) is 36.9 Å². The number of carboxylic acid groups (broad SMARTS) is 1. The SMILES string of the molecule is C[C@@H]1C[C@H](NC(=O)OC(C)(C)C)C[N@+]1(C(=O)O)C(=O)Cc1nc(NC(=O)OCc2ccccc2)c2[nH]cnc2n1. The van der Waals surface area contributed by atoms with Crippen LogP contribution in [0.5, 0.6) is 0 Å². The van der Waals surface area contributed by atoms with Gasteiger partial charge < -0.3 is 24.9 Å². The Hall–Kier alpha value is -4.59. The van der Waals surface area contributed by atoms with Crippen LogP contribution >= 0.6 is 0 Å². The number of carbonyl (C=O) groups is 4. The summed E-state index contributed by atoms with van der Waals surface area (Å²) in [6.07, 6.45) is -1.68. The fraction of sp³-hybridized carbons (Fsp3) is 0.423. The highest BCUT2D eigenvalue weighted by molar-refractivity contribution is 5.93. The quantitative estimate of drug-likeness (QED) is 0.329. The first-order valence-electron chi connectivity index (χ1n) is 12.7. The largest absolute Gasteiger partial charge is 0.521 e. The molecule has 14 heteroatoms. The van der Waals surface area contributed by atoms with Crippen LogP contribution in [-0.4, -0.2) is 77.9 Å². The van der Waals surface area contributed by atoms with Crippen LogP contribution in [0.4, 0.5) is 20.2 Å². The molecule has 4 amide bonds. The van der Waals surface area contributed by atoms with Gasteiger partial charge in [0.1, 0.15) is 42.6 Å². The second-order valence-electron chi connectivity index (χ2n) is 10.6. The minimum absolute atomic E-state index is 0.0301. The number of benzene rings is 1. The van der Waals surface area contributed by atoms with Crippen molar-refractivity contribution in [2.75, 3.05) is 11.9 Å². The number of amides is 4. The lowest BCUT2D eigenvalue weighted by Gasteiger charge is -2.29. The first kappa shape index (κ1) is 28.4. The third kappa shape index (κ3) is 6.34. The molecule has 14 nitrogen and oxygen atoms in total. The maximum atomic E-state index is 13.5. The standard InChI is InChI=1S/C26H31N7O7/c1-15-10-17(29-24(36)40-26(2,3)4)12-33(15,25(37)38)19(34)11-18-30-21-20(27-14-28-21)22(31-18)32-23(35)39-13-16-8-6-5-7-9-16/h5-9,14-15,17H,10-13H2,1-4H3,(H3-,27,28,29,30,31,32,35,36,37,38)/p+1/t15-,17+,33-/m1/s1. The molecule has 1 saturated heterocycles. The Morgan fingerprint density at radius 1 is 1.12 bits per heavy atom. The third-order valence-corrected chi connectivity index (χ3v) is 6.47. The number of nitrogens with zero attached hydrogens (tertiary/aromatic N) is 4. The molecule has 0 bridgehead atoms. The van der Waals surface area contributed by atoms with Gasteiger partial charge in [0.25, 0.3) is 0 Å². The molecule has 1 aliphatic rings. The Balaban J connectivity index is 1.50. The summed E-state index contributed by atoms with van der Waals surface area (Å²) in [7, 11) is 0. The van der Waals surface area contributed by atoms with Gasteiger partial charge >= 0.3 is 24.2 Å². The van der Waals surface area contributed by atoms with Crippen LogP contribution in [0.25, 0.3) is 11.2 Å². The molecular weight excluding hydrogens is 522 g/mol. The maximum Gasteiger partial charge on any atom is 0.521 e. The van der Waals surface area contributed by atoms with Crippen molar-refractivity contribution in [3.63, 3.8) is 0 Å². The number of aromatic amines is 1. The van der Waals surface area contributed by atoms with Crippen LogP contribution < -0.4 is 10.6 Å². The number of aromatic nitrogens is 4. The summed E-state index contributed by atoms with van der Waals surface area (Å²) in [5, 5.41) is 15.4. The van der Waals surface area contributed by atoms with Crippen molar-refractivity contribution in [1.82, 2.24) is 25.3 Å². The Kier molecular flexibility index (Phi) is 8.00. The van der Waals surface area contributed by atoms with Crippen molar-refractivity contribution in [2.45, 2.75) is 64.8 Å². The van der Waals surface area contributed by atoms with Crippen LogP contribution in [0, 0.1) is 0 Å². The lowest BCUT2D eigenvalue weighted by Crippen LogP contribution is -2.60. The maximum absolute atomic E-state index is 13.5. The minimum Gasteiger partial charge on any atom is -0.444 e. The normalized spacial score (nSPS) is 20.6. The molecule has 3 heterocycles. The number of imidazole rings is 1. The summed E-state index contributed by atoms with van der Waals surface area (Å²) in [6.45, 7) is 6.64. The molecule has 0 aliphatic carbocycles. The molecule has 1 fully saturated rings. The molecule has 212 valence electrons. The predicted molar refractivity (Wildman–Crippen MR) is 141 cm³/mol. The number of likely N-dealkylation sites (tertiary alicyclic amines) is 1. The first-order chi connectivity index (χ1) is 18.9. The topological polar surface area (TPSA) is 185 Å². The number of carbonyl (C=O) groups excluding carboxylic acids is 3. The van der Waals surface area contributed by atoms with Crippen LogP contribution in [0.15, 0.2) is 36.7 Å². The van der Waals surface area contributed by atoms with E-state index in [4.69, 9.17) is 9.47 Å². The fourth-order valence-electron chi connectivity index (χ4n) is 4.67. The number of anilines is 1. The van der Waals surface area contributed by atoms with E-state index in [0.29, 0.717) is 5.52 Å². The number of hydrogen-bond donors (Lipinski definition) is 4. The number of H-pyrrole nitrogens is 1. The van der Waals surface area contributed by atoms with Crippen molar-refractivity contribution in [2.24, 2.45) is 0 Å². The van der Waals surface area contributed by atoms with Gasteiger partial charge in [0.05, 0.1) is 12.4 Å². The molecular formula is C26H32N7O7+. The second-order valence-corrected chi connectivity index (χ2v) is 10.6. The van der Waals surface area contributed by atoms with Crippen molar-refractivity contribution in [3.8, 4) is 0 Å². The highest BCUT2D eigenvalue weighted by Gasteiger charge is 2.56. The number of alkyl carbamates (subject to hydrolysis) is 1. The zero-order valence-corrected chi connectivity index (χ0v) is 22.6. The number of ether oxygens (including phenoxy) is 2. The molecule has 4 N–H and O–H groups in total. The van der Waals surface area contributed by atoms with E-state index in [1.807, 2.05) is 30.3 Å². The molecule has 3 aromatic rings. The zero-order chi connectivity index (χ0) is 29.1. The molecule has 0 saturated carbocycles. The van der Waals surface area contributed by atoms with E-state index < -0.39 is 52.8 Å². The predicted octanol–water partition coefficient (Wildman–Crippen LogP) is 3.35. The van der Waals surface area contributed by atoms with Crippen molar-refractivity contribution < 1.29 is 38.2 Å². The number of quaternary nitrogens is 1. The van der Waals surface area contributed by atoms with Gasteiger partial charge in [-0.3, -0.25) is 5.32 Å². The number of fused-ring (bicyclic) bond motifs is 1. The molecule has 3 atom stereocenters. The lowest BCUT2D eigenvalue weighted by molar-refractivity contribution is -0.792. The van der Waals surface area contributed by atoms with Crippen LogP contribution in [0.1, 0.15) is 45.5 Å².